The van der Waals surface area contributed by atoms with Crippen molar-refractivity contribution in [3.8, 4) is 5.75 Å². The van der Waals surface area contributed by atoms with E-state index >= 15 is 0 Å². The maximum absolute atomic E-state index is 6.05. The lowest BCUT2D eigenvalue weighted by molar-refractivity contribution is 0.256. The molecule has 1 unspecified atom stereocenters. The molecule has 0 aliphatic carbocycles. The molecule has 4 heteroatoms. The second-order valence-corrected chi connectivity index (χ2v) is 5.52. The van der Waals surface area contributed by atoms with E-state index in [9.17, 15) is 0 Å². The molecule has 0 heterocycles. The molecule has 1 atom stereocenters. The molecule has 0 aliphatic heterocycles. The van der Waals surface area contributed by atoms with Gasteiger partial charge in [0.05, 0.1) is 11.6 Å². The summed E-state index contributed by atoms with van der Waals surface area (Å²) in [5, 5.41) is 4.03. The fraction of sp³-hybridized carbons (Fsp3) is 0.538. The highest BCUT2D eigenvalue weighted by atomic mass is 79.9. The SMILES string of the molecule is CCCNCC(C)COc1cc(Br)ccc1Cl. The summed E-state index contributed by atoms with van der Waals surface area (Å²) in [4.78, 5) is 0. The molecule has 2 nitrogen and oxygen atoms in total. The Morgan fingerprint density at radius 1 is 1.47 bits per heavy atom. The van der Waals surface area contributed by atoms with Gasteiger partial charge in [0.15, 0.2) is 0 Å². The van der Waals surface area contributed by atoms with E-state index < -0.39 is 0 Å². The fourth-order valence-corrected chi connectivity index (χ4v) is 1.92. The summed E-state index contributed by atoms with van der Waals surface area (Å²) in [5.74, 6) is 1.21. The number of benzene rings is 1. The van der Waals surface area contributed by atoms with E-state index in [2.05, 4.69) is 35.1 Å². The average Bonchev–Trinajstić information content (AvgIpc) is 2.31. The minimum atomic E-state index is 0.469. The molecule has 0 aromatic heterocycles. The third kappa shape index (κ3) is 5.75. The molecule has 1 rings (SSSR count). The Balaban J connectivity index is 2.36. The zero-order valence-electron chi connectivity index (χ0n) is 10.3. The van der Waals surface area contributed by atoms with Crippen molar-refractivity contribution in [3.05, 3.63) is 27.7 Å². The number of hydrogen-bond acceptors (Lipinski definition) is 2. The van der Waals surface area contributed by atoms with Crippen molar-refractivity contribution < 1.29 is 4.74 Å². The lowest BCUT2D eigenvalue weighted by Crippen LogP contribution is -2.25. The van der Waals surface area contributed by atoms with Crippen molar-refractivity contribution in [1.29, 1.82) is 0 Å². The Labute approximate surface area is 117 Å². The van der Waals surface area contributed by atoms with Crippen LogP contribution >= 0.6 is 27.5 Å². The molecule has 0 saturated carbocycles. The smallest absolute Gasteiger partial charge is 0.139 e. The predicted octanol–water partition coefficient (Wildman–Crippen LogP) is 4.12. The van der Waals surface area contributed by atoms with E-state index in [0.717, 1.165) is 29.7 Å². The molecule has 1 aromatic carbocycles. The molecule has 0 radical (unpaired) electrons. The molecular formula is C13H19BrClNO. The van der Waals surface area contributed by atoms with Crippen molar-refractivity contribution in [2.45, 2.75) is 20.3 Å². The van der Waals surface area contributed by atoms with Crippen molar-refractivity contribution in [3.63, 3.8) is 0 Å². The standard InChI is InChI=1S/C13H19BrClNO/c1-3-6-16-8-10(2)9-17-13-7-11(14)4-5-12(13)15/h4-5,7,10,16H,3,6,8-9H2,1-2H3. The van der Waals surface area contributed by atoms with E-state index in [0.29, 0.717) is 17.5 Å². The van der Waals surface area contributed by atoms with Crippen LogP contribution in [0.2, 0.25) is 5.02 Å². The Bertz CT molecular complexity index is 346. The highest BCUT2D eigenvalue weighted by Gasteiger charge is 2.06. The second-order valence-electron chi connectivity index (χ2n) is 4.20. The Morgan fingerprint density at radius 3 is 2.94 bits per heavy atom. The summed E-state index contributed by atoms with van der Waals surface area (Å²) >= 11 is 9.45. The van der Waals surface area contributed by atoms with Crippen LogP contribution in [0.25, 0.3) is 0 Å². The third-order valence-corrected chi connectivity index (χ3v) is 3.14. The lowest BCUT2D eigenvalue weighted by atomic mass is 10.2. The van der Waals surface area contributed by atoms with Crippen LogP contribution in [0.15, 0.2) is 22.7 Å². The van der Waals surface area contributed by atoms with Crippen LogP contribution in [0.1, 0.15) is 20.3 Å². The van der Waals surface area contributed by atoms with Gasteiger partial charge in [0.2, 0.25) is 0 Å². The van der Waals surface area contributed by atoms with Crippen LogP contribution in [0.5, 0.6) is 5.75 Å². The average molecular weight is 321 g/mol. The number of nitrogens with one attached hydrogen (secondary N) is 1. The van der Waals surface area contributed by atoms with Crippen molar-refractivity contribution in [1.82, 2.24) is 5.32 Å². The maximum atomic E-state index is 6.05. The van der Waals surface area contributed by atoms with Crippen LogP contribution in [-0.2, 0) is 0 Å². The summed E-state index contributed by atoms with van der Waals surface area (Å²) in [7, 11) is 0. The molecule has 0 amide bonds. The maximum Gasteiger partial charge on any atom is 0.139 e. The van der Waals surface area contributed by atoms with Crippen LogP contribution in [0, 0.1) is 5.92 Å². The molecule has 0 aliphatic rings. The van der Waals surface area contributed by atoms with Gasteiger partial charge < -0.3 is 10.1 Å². The van der Waals surface area contributed by atoms with Gasteiger partial charge in [-0.05, 0) is 31.2 Å². The van der Waals surface area contributed by atoms with Gasteiger partial charge in [0, 0.05) is 16.9 Å². The summed E-state index contributed by atoms with van der Waals surface area (Å²) in [6.07, 6.45) is 1.16. The van der Waals surface area contributed by atoms with Crippen LogP contribution in [-0.4, -0.2) is 19.7 Å². The molecule has 17 heavy (non-hydrogen) atoms. The largest absolute Gasteiger partial charge is 0.492 e. The molecule has 1 N–H and O–H groups in total. The number of rotatable bonds is 7. The first-order chi connectivity index (χ1) is 8.13. The molecule has 1 aromatic rings. The van der Waals surface area contributed by atoms with Gasteiger partial charge in [0.25, 0.3) is 0 Å². The van der Waals surface area contributed by atoms with E-state index in [4.69, 9.17) is 16.3 Å². The zero-order chi connectivity index (χ0) is 12.7. The van der Waals surface area contributed by atoms with E-state index in [1.54, 1.807) is 0 Å². The van der Waals surface area contributed by atoms with Gasteiger partial charge in [-0.25, -0.2) is 0 Å². The fourth-order valence-electron chi connectivity index (χ4n) is 1.40. The van der Waals surface area contributed by atoms with Crippen molar-refractivity contribution >= 4 is 27.5 Å². The summed E-state index contributed by atoms with van der Waals surface area (Å²) in [6.45, 7) is 7.03. The normalized spacial score (nSPS) is 12.5. The topological polar surface area (TPSA) is 21.3 Å². The molecule has 96 valence electrons. The zero-order valence-corrected chi connectivity index (χ0v) is 12.6. The van der Waals surface area contributed by atoms with E-state index in [-0.39, 0.29) is 0 Å². The summed E-state index contributed by atoms with van der Waals surface area (Å²) in [6, 6.07) is 5.64. The first-order valence-corrected chi connectivity index (χ1v) is 7.09. The van der Waals surface area contributed by atoms with Gasteiger partial charge in [-0.15, -0.1) is 0 Å². The minimum absolute atomic E-state index is 0.469. The Kier molecular flexibility index (Phi) is 6.93. The molecular weight excluding hydrogens is 302 g/mol. The van der Waals surface area contributed by atoms with Crippen LogP contribution in [0.4, 0.5) is 0 Å². The molecule has 0 spiro atoms. The third-order valence-electron chi connectivity index (χ3n) is 2.34. The number of halogens is 2. The Hall–Kier alpha value is -0.250. The van der Waals surface area contributed by atoms with Gasteiger partial charge in [0.1, 0.15) is 5.75 Å². The van der Waals surface area contributed by atoms with Gasteiger partial charge >= 0.3 is 0 Å². The molecule has 0 fully saturated rings. The van der Waals surface area contributed by atoms with Crippen LogP contribution in [0.3, 0.4) is 0 Å². The van der Waals surface area contributed by atoms with Gasteiger partial charge in [-0.2, -0.15) is 0 Å². The highest BCUT2D eigenvalue weighted by Crippen LogP contribution is 2.28. The Morgan fingerprint density at radius 2 is 2.24 bits per heavy atom. The first kappa shape index (κ1) is 14.8. The van der Waals surface area contributed by atoms with Gasteiger partial charge in [-0.3, -0.25) is 0 Å². The predicted molar refractivity (Wildman–Crippen MR) is 77.0 cm³/mol. The van der Waals surface area contributed by atoms with E-state index in [1.165, 1.54) is 0 Å². The molecule has 0 bridgehead atoms. The summed E-state index contributed by atoms with van der Waals surface area (Å²) in [5.41, 5.74) is 0. The quantitative estimate of drug-likeness (QED) is 0.763. The highest BCUT2D eigenvalue weighted by molar-refractivity contribution is 9.10. The number of ether oxygens (including phenoxy) is 1. The van der Waals surface area contributed by atoms with Crippen molar-refractivity contribution in [2.75, 3.05) is 19.7 Å². The second kappa shape index (κ2) is 7.96. The summed E-state index contributed by atoms with van der Waals surface area (Å²) < 4.78 is 6.69. The first-order valence-electron chi connectivity index (χ1n) is 5.92. The molecule has 0 saturated heterocycles. The number of hydrogen-bond donors (Lipinski definition) is 1. The van der Waals surface area contributed by atoms with Crippen molar-refractivity contribution in [2.24, 2.45) is 5.92 Å². The van der Waals surface area contributed by atoms with Crippen LogP contribution < -0.4 is 10.1 Å². The lowest BCUT2D eigenvalue weighted by Gasteiger charge is -2.14. The van der Waals surface area contributed by atoms with Gasteiger partial charge in [-0.1, -0.05) is 41.4 Å². The minimum Gasteiger partial charge on any atom is -0.492 e. The van der Waals surface area contributed by atoms with E-state index in [1.807, 2.05) is 18.2 Å². The monoisotopic (exact) mass is 319 g/mol.